The van der Waals surface area contributed by atoms with Crippen molar-refractivity contribution < 1.29 is 12.8 Å². The van der Waals surface area contributed by atoms with Crippen molar-refractivity contribution in [3.05, 3.63) is 90.4 Å². The Balaban J connectivity index is 1.74. The third-order valence-corrected chi connectivity index (χ3v) is 7.39. The van der Waals surface area contributed by atoms with Gasteiger partial charge in [-0.1, -0.05) is 0 Å². The lowest BCUT2D eigenvalue weighted by molar-refractivity contribution is 0.587. The van der Waals surface area contributed by atoms with Crippen molar-refractivity contribution in [3.63, 3.8) is 0 Å². The van der Waals surface area contributed by atoms with Crippen LogP contribution in [0.3, 0.4) is 0 Å². The van der Waals surface area contributed by atoms with E-state index >= 15 is 4.39 Å². The van der Waals surface area contributed by atoms with Crippen molar-refractivity contribution >= 4 is 10.0 Å². The second-order valence-corrected chi connectivity index (χ2v) is 9.78. The highest BCUT2D eigenvalue weighted by Gasteiger charge is 2.35. The van der Waals surface area contributed by atoms with E-state index in [2.05, 4.69) is 10.3 Å². The van der Waals surface area contributed by atoms with Crippen molar-refractivity contribution in [2.45, 2.75) is 30.2 Å². The average molecular weight is 451 g/mol. The maximum atomic E-state index is 15.5. The molecule has 0 unspecified atom stereocenters. The minimum absolute atomic E-state index is 0.0685. The number of hydrogen-bond donors (Lipinski definition) is 1. The van der Waals surface area contributed by atoms with Crippen molar-refractivity contribution in [1.82, 2.24) is 18.8 Å². The predicted molar refractivity (Wildman–Crippen MR) is 121 cm³/mol. The van der Waals surface area contributed by atoms with Gasteiger partial charge < -0.3 is 9.88 Å². The second kappa shape index (κ2) is 8.03. The Labute approximate surface area is 186 Å². The Morgan fingerprint density at radius 1 is 1.16 bits per heavy atom. The standard InChI is InChI=1S/C24H23FN4O2S/c1-26-14-18-16-29(32(30,31)20-5-4-10-27-15-20)24(23(18)17-6-7-17)21-9-8-19(13-22(21)25)28-11-2-3-12-28/h2-5,8-13,15-17,26H,6-7,14H2,1H3. The van der Waals surface area contributed by atoms with E-state index in [1.54, 1.807) is 24.4 Å². The molecule has 3 heterocycles. The molecule has 0 spiro atoms. The number of benzene rings is 1. The smallest absolute Gasteiger partial charge is 0.269 e. The molecule has 5 rings (SSSR count). The molecule has 1 aliphatic rings. The van der Waals surface area contributed by atoms with Crippen LogP contribution in [0.2, 0.25) is 0 Å². The zero-order valence-electron chi connectivity index (χ0n) is 17.6. The van der Waals surface area contributed by atoms with Gasteiger partial charge in [0.15, 0.2) is 0 Å². The summed E-state index contributed by atoms with van der Waals surface area (Å²) in [7, 11) is -2.14. The number of hydrogen-bond acceptors (Lipinski definition) is 4. The maximum Gasteiger partial charge on any atom is 0.269 e. The number of nitrogens with one attached hydrogen (secondary N) is 1. The fourth-order valence-corrected chi connectivity index (χ4v) is 5.51. The number of pyridine rings is 1. The first kappa shape index (κ1) is 20.7. The number of halogens is 1. The molecular formula is C24H23FN4O2S. The zero-order chi connectivity index (χ0) is 22.3. The molecule has 0 radical (unpaired) electrons. The van der Waals surface area contributed by atoms with Crippen molar-refractivity contribution in [3.8, 4) is 16.9 Å². The summed E-state index contributed by atoms with van der Waals surface area (Å²) in [6, 6.07) is 11.7. The Morgan fingerprint density at radius 3 is 2.56 bits per heavy atom. The molecule has 1 aromatic carbocycles. The van der Waals surface area contributed by atoms with E-state index in [0.29, 0.717) is 17.9 Å². The zero-order valence-corrected chi connectivity index (χ0v) is 18.4. The molecule has 0 amide bonds. The van der Waals surface area contributed by atoms with Crippen LogP contribution < -0.4 is 5.32 Å². The van der Waals surface area contributed by atoms with Gasteiger partial charge in [0.25, 0.3) is 10.0 Å². The fraction of sp³-hybridized carbons (Fsp3) is 0.208. The number of aromatic nitrogens is 3. The summed E-state index contributed by atoms with van der Waals surface area (Å²) in [5.74, 6) is -0.239. The minimum atomic E-state index is -3.96. The highest BCUT2D eigenvalue weighted by Crippen LogP contribution is 2.48. The largest absolute Gasteiger partial charge is 0.324 e. The van der Waals surface area contributed by atoms with E-state index in [1.807, 2.05) is 36.1 Å². The monoisotopic (exact) mass is 450 g/mol. The molecule has 8 heteroatoms. The number of rotatable bonds is 7. The molecule has 1 fully saturated rings. The van der Waals surface area contributed by atoms with Gasteiger partial charge in [-0.2, -0.15) is 0 Å². The molecule has 6 nitrogen and oxygen atoms in total. The van der Waals surface area contributed by atoms with E-state index in [9.17, 15) is 8.42 Å². The van der Waals surface area contributed by atoms with Crippen molar-refractivity contribution in [1.29, 1.82) is 0 Å². The van der Waals surface area contributed by atoms with Gasteiger partial charge in [-0.25, -0.2) is 16.8 Å². The Hall–Kier alpha value is -3.23. The first-order chi connectivity index (χ1) is 15.5. The Bertz CT molecular complexity index is 1360. The Kier molecular flexibility index (Phi) is 5.19. The summed E-state index contributed by atoms with van der Waals surface area (Å²) in [5.41, 5.74) is 3.12. The van der Waals surface area contributed by atoms with Gasteiger partial charge in [0.05, 0.1) is 5.69 Å². The van der Waals surface area contributed by atoms with Crippen LogP contribution in [0, 0.1) is 5.82 Å². The molecular weight excluding hydrogens is 427 g/mol. The average Bonchev–Trinajstić information content (AvgIpc) is 3.33. The SMILES string of the molecule is CNCc1cn(S(=O)(=O)c2cccnc2)c(-c2ccc(-n3cccc3)cc2F)c1C1CC1. The van der Waals surface area contributed by atoms with E-state index in [-0.39, 0.29) is 16.4 Å². The van der Waals surface area contributed by atoms with Gasteiger partial charge in [0.2, 0.25) is 0 Å². The molecule has 1 aliphatic carbocycles. The first-order valence-corrected chi connectivity index (χ1v) is 11.9. The Morgan fingerprint density at radius 2 is 1.94 bits per heavy atom. The fourth-order valence-electron chi connectivity index (χ4n) is 4.14. The van der Waals surface area contributed by atoms with E-state index in [0.717, 1.165) is 24.0 Å². The summed E-state index contributed by atoms with van der Waals surface area (Å²) in [6.45, 7) is 0.497. The minimum Gasteiger partial charge on any atom is -0.324 e. The van der Waals surface area contributed by atoms with Crippen LogP contribution in [0.25, 0.3) is 16.9 Å². The van der Waals surface area contributed by atoms with E-state index in [1.165, 1.54) is 28.5 Å². The molecule has 0 saturated heterocycles. The second-order valence-electron chi connectivity index (χ2n) is 7.97. The van der Waals surface area contributed by atoms with Gasteiger partial charge in [-0.3, -0.25) is 4.98 Å². The van der Waals surface area contributed by atoms with Gasteiger partial charge in [-0.15, -0.1) is 0 Å². The molecule has 0 aliphatic heterocycles. The summed E-state index contributed by atoms with van der Waals surface area (Å²) >= 11 is 0. The molecule has 0 bridgehead atoms. The predicted octanol–water partition coefficient (Wildman–Crippen LogP) is 4.31. The highest BCUT2D eigenvalue weighted by molar-refractivity contribution is 7.90. The summed E-state index contributed by atoms with van der Waals surface area (Å²) in [5, 5.41) is 3.11. The van der Waals surface area contributed by atoms with E-state index in [4.69, 9.17) is 0 Å². The lowest BCUT2D eigenvalue weighted by Crippen LogP contribution is -2.14. The lowest BCUT2D eigenvalue weighted by atomic mass is 10.00. The van der Waals surface area contributed by atoms with Crippen LogP contribution in [0.15, 0.2) is 78.3 Å². The lowest BCUT2D eigenvalue weighted by Gasteiger charge is -2.14. The van der Waals surface area contributed by atoms with E-state index < -0.39 is 15.8 Å². The van der Waals surface area contributed by atoms with Crippen molar-refractivity contribution in [2.24, 2.45) is 0 Å². The van der Waals surface area contributed by atoms with Gasteiger partial charge in [-0.05, 0) is 79.4 Å². The van der Waals surface area contributed by atoms with Gasteiger partial charge >= 0.3 is 0 Å². The first-order valence-electron chi connectivity index (χ1n) is 10.5. The van der Waals surface area contributed by atoms with Gasteiger partial charge in [0, 0.05) is 48.8 Å². The molecule has 3 aromatic heterocycles. The van der Waals surface area contributed by atoms with Gasteiger partial charge in [0.1, 0.15) is 10.7 Å². The molecule has 32 heavy (non-hydrogen) atoms. The molecule has 4 aromatic rings. The molecule has 164 valence electrons. The van der Waals surface area contributed by atoms with Crippen LogP contribution in [0.4, 0.5) is 4.39 Å². The molecule has 1 saturated carbocycles. The summed E-state index contributed by atoms with van der Waals surface area (Å²) < 4.78 is 45.7. The van der Waals surface area contributed by atoms with Crippen LogP contribution in [-0.4, -0.2) is 29.0 Å². The van der Waals surface area contributed by atoms with Crippen molar-refractivity contribution in [2.75, 3.05) is 7.05 Å². The summed E-state index contributed by atoms with van der Waals surface area (Å²) in [4.78, 5) is 4.04. The van der Waals surface area contributed by atoms with Crippen LogP contribution >= 0.6 is 0 Å². The molecule has 1 N–H and O–H groups in total. The summed E-state index contributed by atoms with van der Waals surface area (Å²) in [6.07, 6.45) is 10.1. The molecule has 0 atom stereocenters. The number of nitrogens with zero attached hydrogens (tertiary/aromatic N) is 3. The third kappa shape index (κ3) is 3.55. The van der Waals surface area contributed by atoms with Crippen LogP contribution in [0.5, 0.6) is 0 Å². The van der Waals surface area contributed by atoms with Crippen LogP contribution in [-0.2, 0) is 16.6 Å². The third-order valence-electron chi connectivity index (χ3n) is 5.75. The quantitative estimate of drug-likeness (QED) is 0.456. The highest BCUT2D eigenvalue weighted by atomic mass is 32.2. The normalized spacial score (nSPS) is 14.1. The maximum absolute atomic E-state index is 15.5. The van der Waals surface area contributed by atoms with Crippen LogP contribution in [0.1, 0.15) is 29.9 Å². The topological polar surface area (TPSA) is 68.9 Å².